The Labute approximate surface area is 192 Å². The third kappa shape index (κ3) is 5.26. The molecule has 0 spiro atoms. The lowest BCUT2D eigenvalue weighted by molar-refractivity contribution is -0.126. The number of aromatic nitrogens is 3. The van der Waals surface area contributed by atoms with Gasteiger partial charge >= 0.3 is 5.97 Å². The van der Waals surface area contributed by atoms with Crippen LogP contribution in [0.25, 0.3) is 17.1 Å². The van der Waals surface area contributed by atoms with E-state index in [9.17, 15) is 19.2 Å². The fourth-order valence-corrected chi connectivity index (χ4v) is 3.82. The third-order valence-corrected chi connectivity index (χ3v) is 5.51. The van der Waals surface area contributed by atoms with E-state index in [1.165, 1.54) is 4.68 Å². The molecule has 3 amide bonds. The first-order valence-corrected chi connectivity index (χ1v) is 11.0. The van der Waals surface area contributed by atoms with Crippen LogP contribution in [0.3, 0.4) is 0 Å². The predicted octanol–water partition coefficient (Wildman–Crippen LogP) is 1.90. The van der Waals surface area contributed by atoms with E-state index in [4.69, 9.17) is 4.74 Å². The van der Waals surface area contributed by atoms with Gasteiger partial charge in [0, 0.05) is 18.7 Å². The molecule has 1 N–H and O–H groups in total. The number of thioether (sulfide) groups is 1. The smallest absolute Gasteiger partial charge is 0.378 e. The van der Waals surface area contributed by atoms with Crippen LogP contribution in [0.2, 0.25) is 0 Å². The standard InChI is InChI=1S/C22H19N5O5S/c28-17(23-11-12-26-18(29)14-33-22(26)31)13-32-21(30)19-24-20(15-7-3-1-4-8-15)27(25-19)16-9-5-2-6-10-16/h1-10H,11-14H2,(H,23,28). The van der Waals surface area contributed by atoms with Gasteiger partial charge in [-0.15, -0.1) is 5.10 Å². The summed E-state index contributed by atoms with van der Waals surface area (Å²) in [7, 11) is 0. The van der Waals surface area contributed by atoms with Crippen LogP contribution in [0.1, 0.15) is 10.6 Å². The van der Waals surface area contributed by atoms with Crippen molar-refractivity contribution in [2.75, 3.05) is 25.4 Å². The van der Waals surface area contributed by atoms with Crippen molar-refractivity contribution < 1.29 is 23.9 Å². The Bertz CT molecular complexity index is 1110. The zero-order valence-corrected chi connectivity index (χ0v) is 18.2. The molecule has 1 aliphatic heterocycles. The molecule has 0 radical (unpaired) electrons. The Morgan fingerprint density at radius 2 is 1.73 bits per heavy atom. The number of hydrogen-bond acceptors (Lipinski definition) is 8. The second kappa shape index (κ2) is 10.1. The molecule has 11 heteroatoms. The average molecular weight is 465 g/mol. The van der Waals surface area contributed by atoms with Crippen LogP contribution in [0, 0.1) is 0 Å². The van der Waals surface area contributed by atoms with Gasteiger partial charge in [-0.2, -0.15) is 0 Å². The van der Waals surface area contributed by atoms with Gasteiger partial charge in [-0.25, -0.2) is 14.5 Å². The number of esters is 1. The first kappa shape index (κ1) is 22.2. The molecular weight excluding hydrogens is 446 g/mol. The fourth-order valence-electron chi connectivity index (χ4n) is 3.07. The van der Waals surface area contributed by atoms with Crippen LogP contribution in [0.4, 0.5) is 4.79 Å². The largest absolute Gasteiger partial charge is 0.450 e. The molecule has 10 nitrogen and oxygen atoms in total. The molecule has 168 valence electrons. The highest BCUT2D eigenvalue weighted by molar-refractivity contribution is 8.14. The zero-order chi connectivity index (χ0) is 23.2. The van der Waals surface area contributed by atoms with Crippen molar-refractivity contribution in [3.8, 4) is 17.1 Å². The number of para-hydroxylation sites is 1. The molecule has 1 aromatic heterocycles. The van der Waals surface area contributed by atoms with Gasteiger partial charge in [-0.3, -0.25) is 19.3 Å². The van der Waals surface area contributed by atoms with Crippen LogP contribution in [0.5, 0.6) is 0 Å². The Hall–Kier alpha value is -3.99. The number of hydrogen-bond donors (Lipinski definition) is 1. The van der Waals surface area contributed by atoms with Crippen molar-refractivity contribution in [1.29, 1.82) is 0 Å². The molecule has 3 aromatic rings. The van der Waals surface area contributed by atoms with E-state index in [1.54, 1.807) is 0 Å². The van der Waals surface area contributed by atoms with Gasteiger partial charge in [0.1, 0.15) is 0 Å². The minimum Gasteiger partial charge on any atom is -0.450 e. The van der Waals surface area contributed by atoms with Crippen molar-refractivity contribution in [2.24, 2.45) is 0 Å². The lowest BCUT2D eigenvalue weighted by Gasteiger charge is -2.12. The van der Waals surface area contributed by atoms with Crippen molar-refractivity contribution in [3.05, 3.63) is 66.5 Å². The van der Waals surface area contributed by atoms with E-state index >= 15 is 0 Å². The van der Waals surface area contributed by atoms with Crippen LogP contribution in [0.15, 0.2) is 60.7 Å². The summed E-state index contributed by atoms with van der Waals surface area (Å²) >= 11 is 0.923. The average Bonchev–Trinajstić information content (AvgIpc) is 3.43. The van der Waals surface area contributed by atoms with Gasteiger partial charge < -0.3 is 10.1 Å². The summed E-state index contributed by atoms with van der Waals surface area (Å²) in [4.78, 5) is 53.0. The summed E-state index contributed by atoms with van der Waals surface area (Å²) in [6.45, 7) is -0.419. The number of rotatable bonds is 8. The summed E-state index contributed by atoms with van der Waals surface area (Å²) in [6, 6.07) is 18.5. The maximum Gasteiger partial charge on any atom is 0.378 e. The van der Waals surface area contributed by atoms with Gasteiger partial charge in [0.15, 0.2) is 12.4 Å². The number of nitrogens with one attached hydrogen (secondary N) is 1. The summed E-state index contributed by atoms with van der Waals surface area (Å²) in [5, 5.41) is 6.45. The SMILES string of the molecule is O=C(COC(=O)c1nc(-c2ccccc2)n(-c2ccccc2)n1)NCCN1C(=O)CSC1=O. The summed E-state index contributed by atoms with van der Waals surface area (Å²) in [5.41, 5.74) is 1.47. The predicted molar refractivity (Wildman–Crippen MR) is 120 cm³/mol. The first-order valence-electron chi connectivity index (χ1n) is 10.0. The summed E-state index contributed by atoms with van der Waals surface area (Å²) in [5.74, 6) is -1.33. The van der Waals surface area contributed by atoms with Gasteiger partial charge in [-0.1, -0.05) is 60.3 Å². The van der Waals surface area contributed by atoms with E-state index < -0.39 is 18.5 Å². The van der Waals surface area contributed by atoms with E-state index in [-0.39, 0.29) is 35.8 Å². The molecule has 0 atom stereocenters. The molecule has 2 heterocycles. The number of benzene rings is 2. The Balaban J connectivity index is 1.39. The molecule has 0 unspecified atom stereocenters. The van der Waals surface area contributed by atoms with Crippen molar-refractivity contribution in [2.45, 2.75) is 0 Å². The van der Waals surface area contributed by atoms with Crippen molar-refractivity contribution in [3.63, 3.8) is 0 Å². The minimum atomic E-state index is -0.849. The number of carbonyl (C=O) groups excluding carboxylic acids is 4. The van der Waals surface area contributed by atoms with Gasteiger partial charge in [0.25, 0.3) is 17.0 Å². The molecule has 4 rings (SSSR count). The van der Waals surface area contributed by atoms with E-state index in [0.29, 0.717) is 11.5 Å². The van der Waals surface area contributed by atoms with Crippen LogP contribution >= 0.6 is 11.8 Å². The van der Waals surface area contributed by atoms with Crippen molar-refractivity contribution >= 4 is 34.8 Å². The Morgan fingerprint density at radius 1 is 1.03 bits per heavy atom. The Kier molecular flexibility index (Phi) is 6.79. The summed E-state index contributed by atoms with van der Waals surface area (Å²) < 4.78 is 6.59. The van der Waals surface area contributed by atoms with Gasteiger partial charge in [0.2, 0.25) is 5.91 Å². The molecule has 0 aliphatic carbocycles. The fraction of sp³-hybridized carbons (Fsp3) is 0.182. The molecule has 1 fully saturated rings. The summed E-state index contributed by atoms with van der Waals surface area (Å²) in [6.07, 6.45) is 0. The van der Waals surface area contributed by atoms with E-state index in [0.717, 1.165) is 22.2 Å². The monoisotopic (exact) mass is 465 g/mol. The number of ether oxygens (including phenoxy) is 1. The van der Waals surface area contributed by atoms with Crippen LogP contribution in [-0.4, -0.2) is 68.1 Å². The molecular formula is C22H19N5O5S. The molecule has 0 saturated carbocycles. The highest BCUT2D eigenvalue weighted by Gasteiger charge is 2.29. The molecule has 1 saturated heterocycles. The second-order valence-corrected chi connectivity index (χ2v) is 7.83. The Morgan fingerprint density at radius 3 is 2.39 bits per heavy atom. The molecule has 1 aliphatic rings. The van der Waals surface area contributed by atoms with Crippen LogP contribution in [-0.2, 0) is 14.3 Å². The number of carbonyl (C=O) groups is 4. The molecule has 2 aromatic carbocycles. The zero-order valence-electron chi connectivity index (χ0n) is 17.3. The molecule has 0 bridgehead atoms. The van der Waals surface area contributed by atoms with E-state index in [1.807, 2.05) is 60.7 Å². The quantitative estimate of drug-likeness (QED) is 0.501. The van der Waals surface area contributed by atoms with Crippen LogP contribution < -0.4 is 5.32 Å². The highest BCUT2D eigenvalue weighted by atomic mass is 32.2. The third-order valence-electron chi connectivity index (χ3n) is 4.65. The lowest BCUT2D eigenvalue weighted by atomic mass is 10.2. The number of amides is 3. The van der Waals surface area contributed by atoms with Gasteiger partial charge in [-0.05, 0) is 12.1 Å². The minimum absolute atomic E-state index is 0.0630. The number of nitrogens with zero attached hydrogens (tertiary/aromatic N) is 4. The highest BCUT2D eigenvalue weighted by Crippen LogP contribution is 2.21. The van der Waals surface area contributed by atoms with Gasteiger partial charge in [0.05, 0.1) is 11.4 Å². The second-order valence-electron chi connectivity index (χ2n) is 6.90. The topological polar surface area (TPSA) is 123 Å². The normalized spacial score (nSPS) is 13.3. The lowest BCUT2D eigenvalue weighted by Crippen LogP contribution is -2.38. The maximum absolute atomic E-state index is 12.5. The van der Waals surface area contributed by atoms with E-state index in [2.05, 4.69) is 15.4 Å². The number of imide groups is 1. The van der Waals surface area contributed by atoms with Crippen molar-refractivity contribution in [1.82, 2.24) is 25.0 Å². The maximum atomic E-state index is 12.5. The molecule has 33 heavy (non-hydrogen) atoms. The first-order chi connectivity index (χ1) is 16.0.